The van der Waals surface area contributed by atoms with E-state index in [1.54, 1.807) is 14.2 Å². The van der Waals surface area contributed by atoms with Crippen LogP contribution in [-0.2, 0) is 6.54 Å². The maximum atomic E-state index is 9.38. The predicted molar refractivity (Wildman–Crippen MR) is 74.8 cm³/mol. The molecule has 1 aromatic carbocycles. The Hall–Kier alpha value is -1.26. The Kier molecular flexibility index (Phi) is 4.66. The molecule has 1 heterocycles. The first-order chi connectivity index (χ1) is 9.21. The minimum Gasteiger partial charge on any atom is -0.496 e. The lowest BCUT2D eigenvalue weighted by atomic mass is 10.1. The fourth-order valence-electron chi connectivity index (χ4n) is 2.89. The van der Waals surface area contributed by atoms with Crippen LogP contribution in [0.3, 0.4) is 0 Å². The van der Waals surface area contributed by atoms with Crippen LogP contribution in [0.2, 0.25) is 0 Å². The summed E-state index contributed by atoms with van der Waals surface area (Å²) in [6, 6.07) is 4.32. The summed E-state index contributed by atoms with van der Waals surface area (Å²) in [7, 11) is 3.36. The Morgan fingerprint density at radius 1 is 1.32 bits per heavy atom. The van der Waals surface area contributed by atoms with E-state index in [1.807, 2.05) is 13.0 Å². The molecule has 106 valence electrons. The summed E-state index contributed by atoms with van der Waals surface area (Å²) in [4.78, 5) is 2.32. The van der Waals surface area contributed by atoms with Gasteiger partial charge in [0, 0.05) is 23.7 Å². The van der Waals surface area contributed by atoms with E-state index < -0.39 is 0 Å². The fourth-order valence-corrected chi connectivity index (χ4v) is 2.89. The zero-order valence-electron chi connectivity index (χ0n) is 12.0. The van der Waals surface area contributed by atoms with Gasteiger partial charge in [-0.2, -0.15) is 0 Å². The largest absolute Gasteiger partial charge is 0.496 e. The summed E-state index contributed by atoms with van der Waals surface area (Å²) in [5.74, 6) is 1.74. The molecule has 0 amide bonds. The van der Waals surface area contributed by atoms with Gasteiger partial charge in [0.1, 0.15) is 11.5 Å². The second-order valence-electron chi connectivity index (χ2n) is 5.03. The van der Waals surface area contributed by atoms with Crippen LogP contribution < -0.4 is 9.47 Å². The zero-order valence-corrected chi connectivity index (χ0v) is 12.0. The van der Waals surface area contributed by atoms with Crippen LogP contribution in [0.1, 0.15) is 24.0 Å². The number of aliphatic hydroxyl groups excluding tert-OH is 1. The zero-order chi connectivity index (χ0) is 13.8. The van der Waals surface area contributed by atoms with E-state index >= 15 is 0 Å². The van der Waals surface area contributed by atoms with Crippen molar-refractivity contribution in [1.29, 1.82) is 0 Å². The average Bonchev–Trinajstić information content (AvgIpc) is 2.86. The number of aliphatic hydroxyl groups is 1. The molecule has 1 fully saturated rings. The summed E-state index contributed by atoms with van der Waals surface area (Å²) in [5, 5.41) is 9.38. The molecule has 4 heteroatoms. The Morgan fingerprint density at radius 2 is 2.11 bits per heavy atom. The number of ether oxygens (including phenoxy) is 2. The van der Waals surface area contributed by atoms with Crippen LogP contribution >= 0.6 is 0 Å². The molecule has 0 aromatic heterocycles. The van der Waals surface area contributed by atoms with Crippen molar-refractivity contribution < 1.29 is 14.6 Å². The SMILES string of the molecule is COc1ccc(CN2CCC[C@H]2CO)c(OC)c1C. The van der Waals surface area contributed by atoms with E-state index in [0.717, 1.165) is 48.6 Å². The van der Waals surface area contributed by atoms with Gasteiger partial charge in [0.15, 0.2) is 0 Å². The number of hydrogen-bond acceptors (Lipinski definition) is 4. The summed E-state index contributed by atoms with van der Waals surface area (Å²) < 4.78 is 10.8. The number of methoxy groups -OCH3 is 2. The van der Waals surface area contributed by atoms with E-state index in [0.29, 0.717) is 0 Å². The van der Waals surface area contributed by atoms with Gasteiger partial charge in [-0.05, 0) is 32.4 Å². The smallest absolute Gasteiger partial charge is 0.129 e. The van der Waals surface area contributed by atoms with Gasteiger partial charge in [0.05, 0.1) is 20.8 Å². The van der Waals surface area contributed by atoms with Gasteiger partial charge in [-0.15, -0.1) is 0 Å². The number of hydrogen-bond donors (Lipinski definition) is 1. The molecule has 0 unspecified atom stereocenters. The quantitative estimate of drug-likeness (QED) is 0.884. The van der Waals surface area contributed by atoms with E-state index in [4.69, 9.17) is 9.47 Å². The average molecular weight is 265 g/mol. The van der Waals surface area contributed by atoms with Crippen molar-refractivity contribution in [2.75, 3.05) is 27.4 Å². The molecule has 0 bridgehead atoms. The lowest BCUT2D eigenvalue weighted by Gasteiger charge is -2.24. The lowest BCUT2D eigenvalue weighted by Crippen LogP contribution is -2.31. The van der Waals surface area contributed by atoms with Crippen LogP contribution in [0.4, 0.5) is 0 Å². The third-order valence-electron chi connectivity index (χ3n) is 3.95. The molecule has 1 atom stereocenters. The van der Waals surface area contributed by atoms with Gasteiger partial charge in [0.2, 0.25) is 0 Å². The summed E-state index contributed by atoms with van der Waals surface area (Å²) >= 11 is 0. The molecule has 19 heavy (non-hydrogen) atoms. The van der Waals surface area contributed by atoms with Crippen LogP contribution in [0.15, 0.2) is 12.1 Å². The van der Waals surface area contributed by atoms with Crippen LogP contribution in [0.5, 0.6) is 11.5 Å². The van der Waals surface area contributed by atoms with Crippen LogP contribution in [0.25, 0.3) is 0 Å². The lowest BCUT2D eigenvalue weighted by molar-refractivity contribution is 0.152. The monoisotopic (exact) mass is 265 g/mol. The van der Waals surface area contributed by atoms with Gasteiger partial charge in [-0.3, -0.25) is 4.90 Å². The van der Waals surface area contributed by atoms with Gasteiger partial charge in [0.25, 0.3) is 0 Å². The Balaban J connectivity index is 2.22. The maximum Gasteiger partial charge on any atom is 0.129 e. The molecule has 0 aliphatic carbocycles. The standard InChI is InChI=1S/C15H23NO3/c1-11-14(18-2)7-6-12(15(11)19-3)9-16-8-4-5-13(16)10-17/h6-7,13,17H,4-5,8-10H2,1-3H3/t13-/m0/s1. The molecule has 1 aliphatic heterocycles. The normalized spacial score (nSPS) is 19.7. The first-order valence-corrected chi connectivity index (χ1v) is 6.76. The summed E-state index contributed by atoms with van der Waals surface area (Å²) in [5.41, 5.74) is 2.18. The van der Waals surface area contributed by atoms with E-state index in [9.17, 15) is 5.11 Å². The third kappa shape index (κ3) is 2.85. The Labute approximate surface area is 114 Å². The molecular formula is C15H23NO3. The predicted octanol–water partition coefficient (Wildman–Crippen LogP) is 1.97. The first kappa shape index (κ1) is 14.2. The molecule has 4 nitrogen and oxygen atoms in total. The molecule has 1 aromatic rings. The van der Waals surface area contributed by atoms with Crippen LogP contribution in [0, 0.1) is 6.92 Å². The first-order valence-electron chi connectivity index (χ1n) is 6.76. The minimum atomic E-state index is 0.234. The number of nitrogens with zero attached hydrogens (tertiary/aromatic N) is 1. The number of likely N-dealkylation sites (tertiary alicyclic amines) is 1. The highest BCUT2D eigenvalue weighted by Crippen LogP contribution is 2.33. The number of rotatable bonds is 5. The summed E-state index contributed by atoms with van der Waals surface area (Å²) in [6.07, 6.45) is 2.23. The van der Waals surface area contributed by atoms with Crippen molar-refractivity contribution in [3.05, 3.63) is 23.3 Å². The highest BCUT2D eigenvalue weighted by Gasteiger charge is 2.25. The van der Waals surface area contributed by atoms with Crippen molar-refractivity contribution in [3.63, 3.8) is 0 Å². The Morgan fingerprint density at radius 3 is 2.74 bits per heavy atom. The van der Waals surface area contributed by atoms with Crippen molar-refractivity contribution in [2.24, 2.45) is 0 Å². The molecule has 0 radical (unpaired) electrons. The molecule has 0 saturated carbocycles. The summed E-state index contributed by atoms with van der Waals surface area (Å²) in [6.45, 7) is 4.10. The third-order valence-corrected chi connectivity index (χ3v) is 3.95. The molecule has 1 aliphatic rings. The second-order valence-corrected chi connectivity index (χ2v) is 5.03. The highest BCUT2D eigenvalue weighted by atomic mass is 16.5. The highest BCUT2D eigenvalue weighted by molar-refractivity contribution is 5.49. The topological polar surface area (TPSA) is 41.9 Å². The van der Waals surface area contributed by atoms with E-state index in [2.05, 4.69) is 11.0 Å². The minimum absolute atomic E-state index is 0.234. The van der Waals surface area contributed by atoms with Gasteiger partial charge in [-0.1, -0.05) is 6.07 Å². The van der Waals surface area contributed by atoms with Crippen LogP contribution in [-0.4, -0.2) is 43.4 Å². The molecular weight excluding hydrogens is 242 g/mol. The number of benzene rings is 1. The van der Waals surface area contributed by atoms with Gasteiger partial charge >= 0.3 is 0 Å². The fraction of sp³-hybridized carbons (Fsp3) is 0.600. The van der Waals surface area contributed by atoms with E-state index in [1.165, 1.54) is 0 Å². The van der Waals surface area contributed by atoms with Gasteiger partial charge < -0.3 is 14.6 Å². The van der Waals surface area contributed by atoms with Crippen molar-refractivity contribution in [3.8, 4) is 11.5 Å². The molecule has 2 rings (SSSR count). The molecule has 1 saturated heterocycles. The van der Waals surface area contributed by atoms with Crippen molar-refractivity contribution >= 4 is 0 Å². The maximum absolute atomic E-state index is 9.38. The van der Waals surface area contributed by atoms with Gasteiger partial charge in [-0.25, -0.2) is 0 Å². The van der Waals surface area contributed by atoms with Crippen molar-refractivity contribution in [1.82, 2.24) is 4.90 Å². The molecule has 0 spiro atoms. The second kappa shape index (κ2) is 6.26. The van der Waals surface area contributed by atoms with E-state index in [-0.39, 0.29) is 12.6 Å². The Bertz CT molecular complexity index is 434. The van der Waals surface area contributed by atoms with Crippen molar-refractivity contribution in [2.45, 2.75) is 32.4 Å². The molecule has 1 N–H and O–H groups in total.